The monoisotopic (exact) mass is 229 g/mol. The fourth-order valence-corrected chi connectivity index (χ4v) is 3.02. The molecule has 1 N–H and O–H groups in total. The van der Waals surface area contributed by atoms with E-state index < -0.39 is 20.4 Å². The Hall–Kier alpha value is -0.0731. The molecule has 0 bridgehead atoms. The van der Waals surface area contributed by atoms with Crippen LogP contribution in [-0.2, 0) is 0 Å². The molecule has 14 heavy (non-hydrogen) atoms. The van der Waals surface area contributed by atoms with Crippen molar-refractivity contribution in [3.05, 3.63) is 0 Å². The average Bonchev–Trinajstić information content (AvgIpc) is 1.79. The zero-order chi connectivity index (χ0) is 11.6. The van der Waals surface area contributed by atoms with Crippen molar-refractivity contribution in [2.45, 2.75) is 31.9 Å². The van der Waals surface area contributed by atoms with Gasteiger partial charge in [0.15, 0.2) is 6.10 Å². The van der Waals surface area contributed by atoms with E-state index in [0.717, 1.165) is 0 Å². The quantitative estimate of drug-likeness (QED) is 0.742. The Balaban J connectivity index is 4.01. The molecule has 0 fully saturated rings. The second-order valence-corrected chi connectivity index (χ2v) is 10.3. The van der Waals surface area contributed by atoms with Gasteiger partial charge >= 0.3 is 6.18 Å². The van der Waals surface area contributed by atoms with Gasteiger partial charge in [0.05, 0.1) is 8.07 Å². The molecule has 0 saturated heterocycles. The van der Waals surface area contributed by atoms with Crippen molar-refractivity contribution in [2.24, 2.45) is 0 Å². The van der Waals surface area contributed by atoms with Crippen LogP contribution >= 0.6 is 0 Å². The minimum Gasteiger partial charge on any atom is -0.382 e. The molecular formula is C8H18F3NOSi. The van der Waals surface area contributed by atoms with Crippen molar-refractivity contribution in [3.63, 3.8) is 0 Å². The van der Waals surface area contributed by atoms with E-state index in [4.69, 9.17) is 5.11 Å². The summed E-state index contributed by atoms with van der Waals surface area (Å²) < 4.78 is 35.9. The largest absolute Gasteiger partial charge is 0.415 e. The molecule has 0 radical (unpaired) electrons. The van der Waals surface area contributed by atoms with Crippen LogP contribution in [0, 0.1) is 0 Å². The van der Waals surface area contributed by atoms with E-state index in [1.807, 2.05) is 0 Å². The Bertz CT molecular complexity index is 178. The van der Waals surface area contributed by atoms with Crippen molar-refractivity contribution < 1.29 is 18.3 Å². The molecule has 2 nitrogen and oxygen atoms in total. The number of nitrogens with zero attached hydrogens (tertiary/aromatic N) is 1. The first kappa shape index (κ1) is 13.9. The molecule has 0 spiro atoms. The van der Waals surface area contributed by atoms with E-state index in [-0.39, 0.29) is 6.54 Å². The first-order chi connectivity index (χ1) is 6.02. The van der Waals surface area contributed by atoms with Crippen LogP contribution in [0.15, 0.2) is 0 Å². The predicted molar refractivity (Wildman–Crippen MR) is 52.9 cm³/mol. The Morgan fingerprint density at radius 2 is 1.71 bits per heavy atom. The molecule has 0 aromatic heterocycles. The minimum atomic E-state index is -4.51. The molecule has 0 aromatic carbocycles. The molecule has 1 unspecified atom stereocenters. The maximum atomic E-state index is 12.0. The topological polar surface area (TPSA) is 23.5 Å². The highest BCUT2D eigenvalue weighted by molar-refractivity contribution is 6.76. The zero-order valence-electron chi connectivity index (χ0n) is 9.02. The standard InChI is InChI=1S/C8H18F3NOSi/c1-12(6-14(2,3)4)5-7(13)8(9,10)11/h7,13H,5-6H2,1-4H3. The van der Waals surface area contributed by atoms with Crippen molar-refractivity contribution in [2.75, 3.05) is 19.8 Å². The molecule has 86 valence electrons. The summed E-state index contributed by atoms with van der Waals surface area (Å²) in [5.74, 6) is 0. The highest BCUT2D eigenvalue weighted by Crippen LogP contribution is 2.20. The van der Waals surface area contributed by atoms with Gasteiger partial charge in [-0.1, -0.05) is 19.6 Å². The predicted octanol–water partition coefficient (Wildman–Crippen LogP) is 1.72. The first-order valence-electron chi connectivity index (χ1n) is 4.46. The number of aliphatic hydroxyl groups is 1. The fourth-order valence-electron chi connectivity index (χ4n) is 1.27. The Morgan fingerprint density at radius 3 is 2.00 bits per heavy atom. The van der Waals surface area contributed by atoms with Gasteiger partial charge in [0.25, 0.3) is 0 Å². The summed E-state index contributed by atoms with van der Waals surface area (Å²) in [7, 11) is 0.206. The summed E-state index contributed by atoms with van der Waals surface area (Å²) in [6.45, 7) is 5.88. The lowest BCUT2D eigenvalue weighted by molar-refractivity contribution is -0.206. The van der Waals surface area contributed by atoms with Crippen molar-refractivity contribution in [1.29, 1.82) is 0 Å². The van der Waals surface area contributed by atoms with Crippen LogP contribution in [0.3, 0.4) is 0 Å². The average molecular weight is 229 g/mol. The van der Waals surface area contributed by atoms with Gasteiger partial charge in [-0.25, -0.2) is 0 Å². The zero-order valence-corrected chi connectivity index (χ0v) is 10.0. The Kier molecular flexibility index (Phi) is 4.61. The van der Waals surface area contributed by atoms with Crippen LogP contribution in [0.5, 0.6) is 0 Å². The number of rotatable bonds is 4. The second-order valence-electron chi connectivity index (χ2n) is 4.81. The Morgan fingerprint density at radius 1 is 1.29 bits per heavy atom. The molecule has 0 amide bonds. The maximum absolute atomic E-state index is 12.0. The summed E-state index contributed by atoms with van der Waals surface area (Å²) in [4.78, 5) is 1.55. The number of halogens is 3. The number of hydrogen-bond acceptors (Lipinski definition) is 2. The third-order valence-corrected chi connectivity index (χ3v) is 3.10. The van der Waals surface area contributed by atoms with Gasteiger partial charge in [-0.2, -0.15) is 13.2 Å². The van der Waals surface area contributed by atoms with Gasteiger partial charge in [-0.05, 0) is 13.2 Å². The molecule has 0 saturated carbocycles. The third-order valence-electron chi connectivity index (χ3n) is 1.61. The van der Waals surface area contributed by atoms with E-state index >= 15 is 0 Å². The van der Waals surface area contributed by atoms with E-state index in [2.05, 4.69) is 19.6 Å². The lowest BCUT2D eigenvalue weighted by Gasteiger charge is -2.27. The molecule has 6 heteroatoms. The van der Waals surface area contributed by atoms with Gasteiger partial charge in [0.2, 0.25) is 0 Å². The van der Waals surface area contributed by atoms with E-state index in [0.29, 0.717) is 6.17 Å². The van der Waals surface area contributed by atoms with Gasteiger partial charge < -0.3 is 10.0 Å². The van der Waals surface area contributed by atoms with Gasteiger partial charge in [-0.3, -0.25) is 0 Å². The molecule has 0 aliphatic heterocycles. The molecule has 0 aliphatic rings. The number of alkyl halides is 3. The van der Waals surface area contributed by atoms with Crippen LogP contribution < -0.4 is 0 Å². The molecule has 1 atom stereocenters. The summed E-state index contributed by atoms with van der Waals surface area (Å²) >= 11 is 0. The lowest BCUT2D eigenvalue weighted by Crippen LogP contribution is -2.45. The second kappa shape index (κ2) is 4.63. The first-order valence-corrected chi connectivity index (χ1v) is 8.16. The summed E-state index contributed by atoms with van der Waals surface area (Å²) in [6.07, 6.45) is -6.09. The number of hydrogen-bond donors (Lipinski definition) is 1. The van der Waals surface area contributed by atoms with Crippen LogP contribution in [0.4, 0.5) is 13.2 Å². The smallest absolute Gasteiger partial charge is 0.382 e. The molecule has 0 aromatic rings. The van der Waals surface area contributed by atoms with Gasteiger partial charge in [0, 0.05) is 6.54 Å². The number of likely N-dealkylation sites (N-methyl/N-ethyl adjacent to an activating group) is 1. The summed E-state index contributed by atoms with van der Waals surface area (Å²) in [5, 5.41) is 8.80. The SMILES string of the molecule is CN(CC(O)C(F)(F)F)C[Si](C)(C)C. The third kappa shape index (κ3) is 6.39. The highest BCUT2D eigenvalue weighted by Gasteiger charge is 2.38. The Labute approximate surface area is 83.7 Å². The molecule has 0 heterocycles. The van der Waals surface area contributed by atoms with E-state index in [9.17, 15) is 13.2 Å². The van der Waals surface area contributed by atoms with Gasteiger partial charge in [0.1, 0.15) is 0 Å². The molecular weight excluding hydrogens is 211 g/mol. The summed E-state index contributed by atoms with van der Waals surface area (Å²) in [5.41, 5.74) is 0. The van der Waals surface area contributed by atoms with Crippen molar-refractivity contribution in [3.8, 4) is 0 Å². The number of aliphatic hydroxyl groups excluding tert-OH is 1. The van der Waals surface area contributed by atoms with Crippen molar-refractivity contribution >= 4 is 8.07 Å². The fraction of sp³-hybridized carbons (Fsp3) is 1.00. The van der Waals surface area contributed by atoms with Crippen LogP contribution in [0.1, 0.15) is 0 Å². The molecule has 0 aliphatic carbocycles. The van der Waals surface area contributed by atoms with E-state index in [1.54, 1.807) is 11.9 Å². The van der Waals surface area contributed by atoms with E-state index in [1.165, 1.54) is 0 Å². The maximum Gasteiger partial charge on any atom is 0.415 e. The minimum absolute atomic E-state index is 0.340. The van der Waals surface area contributed by atoms with Gasteiger partial charge in [-0.15, -0.1) is 0 Å². The van der Waals surface area contributed by atoms with Crippen LogP contribution in [0.2, 0.25) is 19.6 Å². The van der Waals surface area contributed by atoms with Crippen LogP contribution in [-0.4, -0.2) is 50.1 Å². The highest BCUT2D eigenvalue weighted by atomic mass is 28.3. The summed E-state index contributed by atoms with van der Waals surface area (Å²) in [6, 6.07) is 0. The normalized spacial score (nSPS) is 16.1. The van der Waals surface area contributed by atoms with Crippen molar-refractivity contribution in [1.82, 2.24) is 4.90 Å². The van der Waals surface area contributed by atoms with Crippen LogP contribution in [0.25, 0.3) is 0 Å². The molecule has 0 rings (SSSR count). The lowest BCUT2D eigenvalue weighted by atomic mass is 10.3.